The van der Waals surface area contributed by atoms with E-state index in [1.807, 2.05) is 5.43 Å². The summed E-state index contributed by atoms with van der Waals surface area (Å²) in [4.78, 5) is 14.8. The van der Waals surface area contributed by atoms with Gasteiger partial charge in [0, 0.05) is 4.47 Å². The third-order valence-electron chi connectivity index (χ3n) is 1.16. The van der Waals surface area contributed by atoms with Crippen LogP contribution in [-0.2, 0) is 0 Å². The molecule has 0 saturated carbocycles. The Morgan fingerprint density at radius 2 is 2.33 bits per heavy atom. The summed E-state index contributed by atoms with van der Waals surface area (Å²) >= 11 is 8.70. The van der Waals surface area contributed by atoms with Crippen molar-refractivity contribution in [3.8, 4) is 0 Å². The number of nitrogens with one attached hydrogen (secondary N) is 1. The molecule has 4 nitrogen and oxygen atoms in total. The Kier molecular flexibility index (Phi) is 3.02. The minimum atomic E-state index is -0.482. The number of hydrogen-bond donors (Lipinski definition) is 2. The average Bonchev–Trinajstić information content (AvgIpc) is 2.08. The lowest BCUT2D eigenvalue weighted by Gasteiger charge is -2.00. The number of amides is 1. The van der Waals surface area contributed by atoms with Crippen LogP contribution in [0.2, 0.25) is 5.15 Å². The Labute approximate surface area is 82.2 Å². The van der Waals surface area contributed by atoms with Gasteiger partial charge in [0.25, 0.3) is 5.91 Å². The molecule has 64 valence electrons. The van der Waals surface area contributed by atoms with Gasteiger partial charge in [0.2, 0.25) is 0 Å². The number of rotatable bonds is 1. The van der Waals surface area contributed by atoms with Crippen LogP contribution in [0.15, 0.2) is 16.6 Å². The number of halogens is 2. The fourth-order valence-electron chi connectivity index (χ4n) is 0.646. The van der Waals surface area contributed by atoms with Gasteiger partial charge in [-0.1, -0.05) is 11.6 Å². The van der Waals surface area contributed by atoms with Crippen LogP contribution in [0.5, 0.6) is 0 Å². The molecule has 12 heavy (non-hydrogen) atoms. The summed E-state index contributed by atoms with van der Waals surface area (Å²) in [5, 5.41) is 0.247. The van der Waals surface area contributed by atoms with E-state index in [0.29, 0.717) is 4.47 Å². The van der Waals surface area contributed by atoms with Crippen molar-refractivity contribution in [2.45, 2.75) is 0 Å². The number of pyridine rings is 1. The van der Waals surface area contributed by atoms with Crippen molar-refractivity contribution in [1.82, 2.24) is 10.4 Å². The number of hydrogen-bond acceptors (Lipinski definition) is 3. The molecule has 0 unspecified atom stereocenters. The molecular formula is C6H5BrClN3O. The number of hydrazine groups is 1. The zero-order valence-corrected chi connectivity index (χ0v) is 8.19. The second-order valence-electron chi connectivity index (χ2n) is 1.94. The molecule has 0 saturated heterocycles. The highest BCUT2D eigenvalue weighted by Crippen LogP contribution is 2.16. The molecule has 0 aliphatic heterocycles. The van der Waals surface area contributed by atoms with E-state index in [1.165, 1.54) is 0 Å². The van der Waals surface area contributed by atoms with Crippen LogP contribution in [0.4, 0.5) is 0 Å². The molecule has 0 fully saturated rings. The van der Waals surface area contributed by atoms with Crippen LogP contribution in [-0.4, -0.2) is 10.9 Å². The van der Waals surface area contributed by atoms with Gasteiger partial charge in [-0.15, -0.1) is 0 Å². The molecule has 0 atom stereocenters. The number of carbonyl (C=O) groups excluding carboxylic acids is 1. The maximum Gasteiger partial charge on any atom is 0.284 e. The Morgan fingerprint density at radius 3 is 2.92 bits per heavy atom. The van der Waals surface area contributed by atoms with Crippen molar-refractivity contribution < 1.29 is 4.79 Å². The molecule has 0 aromatic carbocycles. The first kappa shape index (κ1) is 9.44. The third-order valence-corrected chi connectivity index (χ3v) is 2.01. The van der Waals surface area contributed by atoms with E-state index in [-0.39, 0.29) is 10.8 Å². The largest absolute Gasteiger partial charge is 0.289 e. The molecule has 0 radical (unpaired) electrons. The lowest BCUT2D eigenvalue weighted by atomic mass is 10.3. The Bertz CT molecular complexity index is 318. The predicted octanol–water partition coefficient (Wildman–Crippen LogP) is 1.10. The normalized spacial score (nSPS) is 9.58. The topological polar surface area (TPSA) is 68.0 Å². The zero-order chi connectivity index (χ0) is 9.14. The van der Waals surface area contributed by atoms with E-state index >= 15 is 0 Å². The first-order valence-electron chi connectivity index (χ1n) is 2.98. The van der Waals surface area contributed by atoms with E-state index in [4.69, 9.17) is 17.4 Å². The highest BCUT2D eigenvalue weighted by atomic mass is 79.9. The molecule has 0 aliphatic rings. The highest BCUT2D eigenvalue weighted by Gasteiger charge is 2.10. The van der Waals surface area contributed by atoms with Gasteiger partial charge in [-0.05, 0) is 28.1 Å². The Morgan fingerprint density at radius 1 is 1.67 bits per heavy atom. The first-order chi connectivity index (χ1) is 5.65. The SMILES string of the molecule is NNC(=O)c1nc(Cl)ccc1Br. The van der Waals surface area contributed by atoms with Crippen molar-refractivity contribution in [3.63, 3.8) is 0 Å². The third kappa shape index (κ3) is 1.94. The fourth-order valence-corrected chi connectivity index (χ4v) is 1.19. The number of nitrogens with two attached hydrogens (primary N) is 1. The lowest BCUT2D eigenvalue weighted by molar-refractivity contribution is 0.0948. The molecule has 0 spiro atoms. The summed E-state index contributed by atoms with van der Waals surface area (Å²) in [6.07, 6.45) is 0. The minimum absolute atomic E-state index is 0.171. The van der Waals surface area contributed by atoms with Gasteiger partial charge in [-0.2, -0.15) is 0 Å². The summed E-state index contributed by atoms with van der Waals surface area (Å²) in [7, 11) is 0. The minimum Gasteiger partial charge on any atom is -0.289 e. The van der Waals surface area contributed by atoms with Crippen LogP contribution in [0.1, 0.15) is 10.5 Å². The van der Waals surface area contributed by atoms with Gasteiger partial charge < -0.3 is 0 Å². The zero-order valence-electron chi connectivity index (χ0n) is 5.84. The van der Waals surface area contributed by atoms with Crippen LogP contribution < -0.4 is 11.3 Å². The molecule has 3 N–H and O–H groups in total. The maximum atomic E-state index is 11.0. The van der Waals surface area contributed by atoms with Gasteiger partial charge in [-0.3, -0.25) is 10.2 Å². The van der Waals surface area contributed by atoms with Gasteiger partial charge >= 0.3 is 0 Å². The van der Waals surface area contributed by atoms with Crippen LogP contribution in [0.3, 0.4) is 0 Å². The van der Waals surface area contributed by atoms with Crippen molar-refractivity contribution >= 4 is 33.4 Å². The molecule has 6 heteroatoms. The number of nitrogen functional groups attached to an aromatic ring is 1. The van der Waals surface area contributed by atoms with Gasteiger partial charge in [0.05, 0.1) is 0 Å². The van der Waals surface area contributed by atoms with E-state index in [9.17, 15) is 4.79 Å². The smallest absolute Gasteiger partial charge is 0.284 e. The molecular weight excluding hydrogens is 245 g/mol. The van der Waals surface area contributed by atoms with Gasteiger partial charge in [-0.25, -0.2) is 10.8 Å². The number of carbonyl (C=O) groups is 1. The highest BCUT2D eigenvalue weighted by molar-refractivity contribution is 9.10. The molecule has 1 rings (SSSR count). The van der Waals surface area contributed by atoms with Crippen LogP contribution in [0, 0.1) is 0 Å². The lowest BCUT2D eigenvalue weighted by Crippen LogP contribution is -2.31. The van der Waals surface area contributed by atoms with Crippen LogP contribution >= 0.6 is 27.5 Å². The van der Waals surface area contributed by atoms with E-state index in [1.54, 1.807) is 12.1 Å². The van der Waals surface area contributed by atoms with Crippen molar-refractivity contribution in [3.05, 3.63) is 27.5 Å². The molecule has 0 aliphatic carbocycles. The van der Waals surface area contributed by atoms with E-state index < -0.39 is 5.91 Å². The predicted molar refractivity (Wildman–Crippen MR) is 48.6 cm³/mol. The van der Waals surface area contributed by atoms with Crippen molar-refractivity contribution in [1.29, 1.82) is 0 Å². The van der Waals surface area contributed by atoms with Crippen molar-refractivity contribution in [2.75, 3.05) is 0 Å². The molecule has 1 heterocycles. The monoisotopic (exact) mass is 249 g/mol. The standard InChI is InChI=1S/C6H5BrClN3O/c7-3-1-2-4(8)10-5(3)6(12)11-9/h1-2H,9H2,(H,11,12). The Balaban J connectivity index is 3.13. The molecule has 1 aromatic rings. The van der Waals surface area contributed by atoms with Gasteiger partial charge in [0.1, 0.15) is 10.8 Å². The number of nitrogens with zero attached hydrogens (tertiary/aromatic N) is 1. The van der Waals surface area contributed by atoms with Gasteiger partial charge in [0.15, 0.2) is 0 Å². The second-order valence-corrected chi connectivity index (χ2v) is 3.18. The second kappa shape index (κ2) is 3.84. The summed E-state index contributed by atoms with van der Waals surface area (Å²) in [5.74, 6) is 4.44. The number of aromatic nitrogens is 1. The molecule has 1 aromatic heterocycles. The van der Waals surface area contributed by atoms with Crippen LogP contribution in [0.25, 0.3) is 0 Å². The summed E-state index contributed by atoms with van der Waals surface area (Å²) in [6.45, 7) is 0. The molecule has 1 amide bonds. The van der Waals surface area contributed by atoms with E-state index in [0.717, 1.165) is 0 Å². The maximum absolute atomic E-state index is 11.0. The first-order valence-corrected chi connectivity index (χ1v) is 4.15. The Hall–Kier alpha value is -0.650. The fraction of sp³-hybridized carbons (Fsp3) is 0. The van der Waals surface area contributed by atoms with E-state index in [2.05, 4.69) is 20.9 Å². The molecule has 0 bridgehead atoms. The average molecular weight is 250 g/mol. The summed E-state index contributed by atoms with van der Waals surface area (Å²) in [6, 6.07) is 3.19. The summed E-state index contributed by atoms with van der Waals surface area (Å²) < 4.78 is 0.551. The van der Waals surface area contributed by atoms with Crippen molar-refractivity contribution in [2.24, 2.45) is 5.84 Å². The quantitative estimate of drug-likeness (QED) is 0.339. The summed E-state index contributed by atoms with van der Waals surface area (Å²) in [5.41, 5.74) is 2.13.